The molecule has 9 nitrogen and oxygen atoms in total. The van der Waals surface area contributed by atoms with Gasteiger partial charge in [0.25, 0.3) is 11.6 Å². The molecule has 4 aromatic rings. The zero-order valence-electron chi connectivity index (χ0n) is 19.0. The molecule has 1 N–H and O–H groups in total. The summed E-state index contributed by atoms with van der Waals surface area (Å²) >= 11 is 0. The highest BCUT2D eigenvalue weighted by Crippen LogP contribution is 2.25. The van der Waals surface area contributed by atoms with Gasteiger partial charge in [0.05, 0.1) is 17.2 Å². The number of aromatic nitrogens is 3. The van der Waals surface area contributed by atoms with Crippen LogP contribution in [0.2, 0.25) is 0 Å². The van der Waals surface area contributed by atoms with E-state index in [0.717, 1.165) is 16.8 Å². The van der Waals surface area contributed by atoms with E-state index in [2.05, 4.69) is 15.4 Å². The number of ether oxygens (including phenoxy) is 1. The van der Waals surface area contributed by atoms with E-state index < -0.39 is 10.8 Å². The topological polar surface area (TPSA) is 112 Å². The molecule has 34 heavy (non-hydrogen) atoms. The molecule has 4 rings (SSSR count). The molecule has 0 saturated heterocycles. The fourth-order valence-corrected chi connectivity index (χ4v) is 3.39. The predicted octanol–water partition coefficient (Wildman–Crippen LogP) is 5.11. The summed E-state index contributed by atoms with van der Waals surface area (Å²) in [5.41, 5.74) is 3.91. The van der Waals surface area contributed by atoms with Crippen molar-refractivity contribution in [2.45, 2.75) is 20.8 Å². The molecule has 172 valence electrons. The number of hydrogen-bond donors (Lipinski definition) is 1. The third-order valence-corrected chi connectivity index (χ3v) is 5.21. The van der Waals surface area contributed by atoms with Gasteiger partial charge in [-0.05, 0) is 51.1 Å². The van der Waals surface area contributed by atoms with Crippen LogP contribution in [0.3, 0.4) is 0 Å². The van der Waals surface area contributed by atoms with E-state index in [-0.39, 0.29) is 17.3 Å². The van der Waals surface area contributed by atoms with Crippen molar-refractivity contribution in [3.63, 3.8) is 0 Å². The van der Waals surface area contributed by atoms with Gasteiger partial charge in [0.1, 0.15) is 0 Å². The monoisotopic (exact) mass is 457 g/mol. The predicted molar refractivity (Wildman–Crippen MR) is 128 cm³/mol. The highest BCUT2D eigenvalue weighted by Gasteiger charge is 2.17. The van der Waals surface area contributed by atoms with Crippen LogP contribution in [-0.4, -0.2) is 32.2 Å². The number of benzene rings is 3. The van der Waals surface area contributed by atoms with Crippen LogP contribution in [0.4, 0.5) is 11.4 Å². The van der Waals surface area contributed by atoms with Crippen LogP contribution < -0.4 is 10.1 Å². The van der Waals surface area contributed by atoms with E-state index >= 15 is 0 Å². The first kappa shape index (κ1) is 22.7. The number of hydrogen-bond acceptors (Lipinski definition) is 6. The summed E-state index contributed by atoms with van der Waals surface area (Å²) < 4.78 is 7.19. The normalized spacial score (nSPS) is 10.7. The lowest BCUT2D eigenvalue weighted by molar-refractivity contribution is -0.385. The Morgan fingerprint density at radius 3 is 2.41 bits per heavy atom. The summed E-state index contributed by atoms with van der Waals surface area (Å²) in [4.78, 5) is 27.8. The van der Waals surface area contributed by atoms with Gasteiger partial charge in [-0.15, -0.1) is 5.10 Å². The van der Waals surface area contributed by atoms with Crippen LogP contribution >= 0.6 is 0 Å². The zero-order chi connectivity index (χ0) is 24.2. The first-order chi connectivity index (χ1) is 16.4. The van der Waals surface area contributed by atoms with Gasteiger partial charge in [0.15, 0.2) is 5.82 Å². The minimum atomic E-state index is -0.499. The maximum Gasteiger partial charge on any atom is 0.336 e. The van der Waals surface area contributed by atoms with Crippen LogP contribution in [-0.2, 0) is 0 Å². The molecule has 0 bridgehead atoms. The molecule has 3 aromatic carbocycles. The number of rotatable bonds is 7. The number of amides is 1. The van der Waals surface area contributed by atoms with Crippen molar-refractivity contribution in [3.05, 3.63) is 93.5 Å². The summed E-state index contributed by atoms with van der Waals surface area (Å²) in [7, 11) is 0. The number of nitro groups is 1. The molecule has 0 unspecified atom stereocenters. The average Bonchev–Trinajstić information content (AvgIpc) is 3.24. The maximum absolute atomic E-state index is 12.6. The van der Waals surface area contributed by atoms with Crippen LogP contribution in [0.1, 0.15) is 28.4 Å². The van der Waals surface area contributed by atoms with Gasteiger partial charge in [-0.25, -0.2) is 4.68 Å². The number of nitrogens with zero attached hydrogens (tertiary/aromatic N) is 4. The molecule has 0 fully saturated rings. The maximum atomic E-state index is 12.6. The number of nitrogens with one attached hydrogen (secondary N) is 1. The Morgan fingerprint density at radius 2 is 1.76 bits per heavy atom. The summed E-state index contributed by atoms with van der Waals surface area (Å²) in [5.74, 6) is 0.197. The SMILES string of the molecule is CCOc1nc(-c2ccc(C)cc2)n(-c2ccc(NC(=O)c3ccc(C)c([N+](=O)[O-])c3)cc2)n1. The van der Waals surface area contributed by atoms with Gasteiger partial charge in [0.2, 0.25) is 0 Å². The second-order valence-electron chi connectivity index (χ2n) is 7.69. The Morgan fingerprint density at radius 1 is 1.06 bits per heavy atom. The molecule has 0 saturated carbocycles. The molecule has 1 aromatic heterocycles. The number of carbonyl (C=O) groups excluding carboxylic acids is 1. The van der Waals surface area contributed by atoms with Crippen molar-refractivity contribution in [1.29, 1.82) is 0 Å². The standard InChI is InChI=1S/C25H23N5O4/c1-4-34-25-27-23(18-8-5-16(2)6-9-18)29(28-25)21-13-11-20(12-14-21)26-24(31)19-10-7-17(3)22(15-19)30(32)33/h5-15H,4H2,1-3H3,(H,26,31). The van der Waals surface area contributed by atoms with E-state index in [1.807, 2.05) is 38.1 Å². The van der Waals surface area contributed by atoms with Crippen molar-refractivity contribution in [2.75, 3.05) is 11.9 Å². The highest BCUT2D eigenvalue weighted by molar-refractivity contribution is 6.04. The Labute approximate surface area is 196 Å². The van der Waals surface area contributed by atoms with Crippen molar-refractivity contribution in [2.24, 2.45) is 0 Å². The van der Waals surface area contributed by atoms with Crippen molar-refractivity contribution >= 4 is 17.3 Å². The third kappa shape index (κ3) is 4.78. The van der Waals surface area contributed by atoms with E-state index in [9.17, 15) is 14.9 Å². The number of aryl methyl sites for hydroxylation is 2. The third-order valence-electron chi connectivity index (χ3n) is 5.21. The molecule has 0 aliphatic carbocycles. The second-order valence-corrected chi connectivity index (χ2v) is 7.69. The summed E-state index contributed by atoms with van der Waals surface area (Å²) in [6, 6.07) is 19.7. The lowest BCUT2D eigenvalue weighted by Gasteiger charge is -2.09. The number of anilines is 1. The zero-order valence-corrected chi connectivity index (χ0v) is 19.0. The molecule has 0 aliphatic rings. The van der Waals surface area contributed by atoms with Gasteiger partial charge >= 0.3 is 6.01 Å². The molecule has 0 atom stereocenters. The van der Waals surface area contributed by atoms with Gasteiger partial charge in [0, 0.05) is 28.4 Å². The summed E-state index contributed by atoms with van der Waals surface area (Å²) in [6.07, 6.45) is 0. The molecular weight excluding hydrogens is 434 g/mol. The molecule has 1 amide bonds. The average molecular weight is 457 g/mol. The van der Waals surface area contributed by atoms with Gasteiger partial charge in [-0.3, -0.25) is 14.9 Å². The second kappa shape index (κ2) is 9.53. The van der Waals surface area contributed by atoms with Crippen molar-refractivity contribution in [1.82, 2.24) is 14.8 Å². The highest BCUT2D eigenvalue weighted by atomic mass is 16.6. The van der Waals surface area contributed by atoms with Crippen LogP contribution in [0.5, 0.6) is 6.01 Å². The van der Waals surface area contributed by atoms with Gasteiger partial charge in [-0.1, -0.05) is 35.9 Å². The molecule has 0 aliphatic heterocycles. The van der Waals surface area contributed by atoms with E-state index in [0.29, 0.717) is 23.7 Å². The summed E-state index contributed by atoms with van der Waals surface area (Å²) in [6.45, 7) is 5.96. The Bertz CT molecular complexity index is 1340. The Balaban J connectivity index is 1.59. The number of carbonyl (C=O) groups is 1. The Kier molecular flexibility index (Phi) is 6.35. The molecule has 9 heteroatoms. The first-order valence-electron chi connectivity index (χ1n) is 10.7. The van der Waals surface area contributed by atoms with Crippen LogP contribution in [0.25, 0.3) is 17.1 Å². The van der Waals surface area contributed by atoms with E-state index in [4.69, 9.17) is 4.74 Å². The number of nitro benzene ring substituents is 1. The van der Waals surface area contributed by atoms with Gasteiger partial charge in [-0.2, -0.15) is 4.98 Å². The minimum absolute atomic E-state index is 0.0945. The fourth-order valence-electron chi connectivity index (χ4n) is 3.39. The van der Waals surface area contributed by atoms with Gasteiger partial charge < -0.3 is 10.1 Å². The van der Waals surface area contributed by atoms with E-state index in [1.165, 1.54) is 6.07 Å². The molecule has 1 heterocycles. The van der Waals surface area contributed by atoms with Crippen molar-refractivity contribution < 1.29 is 14.5 Å². The molecular formula is C25H23N5O4. The van der Waals surface area contributed by atoms with E-state index in [1.54, 1.807) is 48.0 Å². The van der Waals surface area contributed by atoms with Crippen LogP contribution in [0.15, 0.2) is 66.7 Å². The fraction of sp³-hybridized carbons (Fsp3) is 0.160. The lowest BCUT2D eigenvalue weighted by Crippen LogP contribution is -2.12. The summed E-state index contributed by atoms with van der Waals surface area (Å²) in [5, 5.41) is 18.4. The largest absolute Gasteiger partial charge is 0.463 e. The van der Waals surface area contributed by atoms with Crippen molar-refractivity contribution in [3.8, 4) is 23.1 Å². The molecule has 0 spiro atoms. The minimum Gasteiger partial charge on any atom is -0.463 e. The molecule has 0 radical (unpaired) electrons. The quantitative estimate of drug-likeness (QED) is 0.305. The van der Waals surface area contributed by atoms with Crippen LogP contribution in [0, 0.1) is 24.0 Å². The lowest BCUT2D eigenvalue weighted by atomic mass is 10.1. The first-order valence-corrected chi connectivity index (χ1v) is 10.7. The Hall–Kier alpha value is -4.53. The smallest absolute Gasteiger partial charge is 0.336 e.